The van der Waals surface area contributed by atoms with Crippen LogP contribution in [0.1, 0.15) is 57.5 Å². The van der Waals surface area contributed by atoms with Crippen molar-refractivity contribution in [3.8, 4) is 6.07 Å². The smallest absolute Gasteiger partial charge is 0.136 e. The highest BCUT2D eigenvalue weighted by atomic mass is 32.2. The zero-order valence-electron chi connectivity index (χ0n) is 12.2. The zero-order valence-corrected chi connectivity index (χ0v) is 13.8. The van der Waals surface area contributed by atoms with Crippen LogP contribution >= 0.6 is 11.3 Å². The standard InChI is InChI=1S/C14H22N2OS2/c1-10(2)6-12(16-19(17)14(3,4)5)13-7-11(8-15)9-18-13/h7,9-10,12,16H,6H2,1-5H3/t12-,19?/m1/s1. The van der Waals surface area contributed by atoms with E-state index in [4.69, 9.17) is 5.26 Å². The van der Waals surface area contributed by atoms with Crippen molar-refractivity contribution in [1.29, 1.82) is 5.26 Å². The van der Waals surface area contributed by atoms with Gasteiger partial charge in [-0.1, -0.05) is 13.8 Å². The van der Waals surface area contributed by atoms with Gasteiger partial charge in [0.1, 0.15) is 10.8 Å². The molecule has 0 bridgehead atoms. The summed E-state index contributed by atoms with van der Waals surface area (Å²) in [5.41, 5.74) is 0.678. The third-order valence-electron chi connectivity index (χ3n) is 2.60. The van der Waals surface area contributed by atoms with Gasteiger partial charge in [0.15, 0.2) is 0 Å². The minimum atomic E-state index is -1.10. The first-order valence-corrected chi connectivity index (χ1v) is 8.43. The Balaban J connectivity index is 2.86. The summed E-state index contributed by atoms with van der Waals surface area (Å²) in [4.78, 5) is 1.09. The first-order valence-electron chi connectivity index (χ1n) is 6.40. The van der Waals surface area contributed by atoms with Gasteiger partial charge in [0.2, 0.25) is 0 Å². The van der Waals surface area contributed by atoms with Gasteiger partial charge in [-0.2, -0.15) is 5.26 Å². The van der Waals surface area contributed by atoms with Gasteiger partial charge in [-0.05, 0) is 39.2 Å². The molecule has 0 spiro atoms. The average molecular weight is 298 g/mol. The molecule has 3 nitrogen and oxygen atoms in total. The monoisotopic (exact) mass is 298 g/mol. The molecular weight excluding hydrogens is 276 g/mol. The minimum absolute atomic E-state index is 0.0483. The maximum atomic E-state index is 12.2. The molecule has 0 radical (unpaired) electrons. The van der Waals surface area contributed by atoms with Gasteiger partial charge in [-0.15, -0.1) is 16.1 Å². The summed E-state index contributed by atoms with van der Waals surface area (Å²) in [6.45, 7) is 10.2. The third-order valence-corrected chi connectivity index (χ3v) is 5.26. The van der Waals surface area contributed by atoms with Crippen LogP contribution in [0.25, 0.3) is 0 Å². The largest absolute Gasteiger partial charge is 0.598 e. The molecule has 0 saturated heterocycles. The van der Waals surface area contributed by atoms with Crippen LogP contribution in [-0.2, 0) is 11.4 Å². The van der Waals surface area contributed by atoms with Gasteiger partial charge >= 0.3 is 0 Å². The van der Waals surface area contributed by atoms with Crippen LogP contribution in [0.2, 0.25) is 0 Å². The fourth-order valence-corrected chi connectivity index (χ4v) is 3.40. The van der Waals surface area contributed by atoms with Crippen molar-refractivity contribution in [2.75, 3.05) is 0 Å². The van der Waals surface area contributed by atoms with E-state index >= 15 is 0 Å². The summed E-state index contributed by atoms with van der Waals surface area (Å²) in [6, 6.07) is 4.09. The highest BCUT2D eigenvalue weighted by Gasteiger charge is 2.30. The summed E-state index contributed by atoms with van der Waals surface area (Å²) in [7, 11) is 0. The lowest BCUT2D eigenvalue weighted by molar-refractivity contribution is 0.466. The van der Waals surface area contributed by atoms with Gasteiger partial charge in [0, 0.05) is 21.6 Å². The van der Waals surface area contributed by atoms with Crippen molar-refractivity contribution >= 4 is 22.7 Å². The van der Waals surface area contributed by atoms with Crippen molar-refractivity contribution in [1.82, 2.24) is 4.72 Å². The van der Waals surface area contributed by atoms with Gasteiger partial charge in [0.25, 0.3) is 0 Å². The molecule has 1 unspecified atom stereocenters. The van der Waals surface area contributed by atoms with E-state index in [1.807, 2.05) is 32.2 Å². The lowest BCUT2D eigenvalue weighted by atomic mass is 10.0. The Bertz CT molecular complexity index is 443. The normalized spacial score (nSPS) is 15.3. The van der Waals surface area contributed by atoms with E-state index in [2.05, 4.69) is 24.6 Å². The number of nitrogens with one attached hydrogen (secondary N) is 1. The highest BCUT2D eigenvalue weighted by molar-refractivity contribution is 7.90. The van der Waals surface area contributed by atoms with Crippen molar-refractivity contribution in [3.05, 3.63) is 21.9 Å². The predicted octanol–water partition coefficient (Wildman–Crippen LogP) is 3.76. The van der Waals surface area contributed by atoms with Crippen molar-refractivity contribution < 1.29 is 4.55 Å². The van der Waals surface area contributed by atoms with E-state index in [0.717, 1.165) is 11.3 Å². The predicted molar refractivity (Wildman–Crippen MR) is 82.3 cm³/mol. The summed E-state index contributed by atoms with van der Waals surface area (Å²) < 4.78 is 15.2. The Hall–Kier alpha value is -0.540. The van der Waals surface area contributed by atoms with Gasteiger partial charge < -0.3 is 4.55 Å². The SMILES string of the molecule is CC(C)C[C@@H](N[S+]([O-])C(C)(C)C)c1cc(C#N)cs1. The number of nitrogens with zero attached hydrogens (tertiary/aromatic N) is 1. The van der Waals surface area contributed by atoms with Crippen LogP contribution in [0.15, 0.2) is 11.4 Å². The minimum Gasteiger partial charge on any atom is -0.598 e. The number of nitriles is 1. The highest BCUT2D eigenvalue weighted by Crippen LogP contribution is 2.29. The summed E-state index contributed by atoms with van der Waals surface area (Å²) in [5.74, 6) is 0.502. The fraction of sp³-hybridized carbons (Fsp3) is 0.643. The van der Waals surface area contributed by atoms with Crippen molar-refractivity contribution in [2.45, 2.75) is 51.8 Å². The molecule has 0 aliphatic carbocycles. The Kier molecular flexibility index (Phi) is 5.87. The van der Waals surface area contributed by atoms with Crippen molar-refractivity contribution in [2.24, 2.45) is 5.92 Å². The number of thiophene rings is 1. The first-order chi connectivity index (χ1) is 8.74. The van der Waals surface area contributed by atoms with E-state index in [9.17, 15) is 4.55 Å². The quantitative estimate of drug-likeness (QED) is 0.842. The van der Waals surface area contributed by atoms with E-state index in [1.165, 1.54) is 0 Å². The number of hydrogen-bond acceptors (Lipinski definition) is 4. The van der Waals surface area contributed by atoms with Gasteiger partial charge in [-0.3, -0.25) is 0 Å². The molecule has 0 saturated carbocycles. The molecule has 1 N–H and O–H groups in total. The Morgan fingerprint density at radius 1 is 1.47 bits per heavy atom. The molecule has 5 heteroatoms. The second kappa shape index (κ2) is 6.76. The first kappa shape index (κ1) is 16.5. The molecular formula is C14H22N2OS2. The lowest BCUT2D eigenvalue weighted by Gasteiger charge is -2.28. The Labute approximate surface area is 123 Å². The van der Waals surface area contributed by atoms with E-state index in [0.29, 0.717) is 11.5 Å². The molecule has 1 heterocycles. The van der Waals surface area contributed by atoms with E-state index < -0.39 is 11.4 Å². The van der Waals surface area contributed by atoms with Crippen LogP contribution in [0, 0.1) is 17.2 Å². The zero-order chi connectivity index (χ0) is 14.6. The molecule has 106 valence electrons. The maximum Gasteiger partial charge on any atom is 0.136 e. The van der Waals surface area contributed by atoms with Crippen molar-refractivity contribution in [3.63, 3.8) is 0 Å². The van der Waals surface area contributed by atoms with Crippen LogP contribution in [0.4, 0.5) is 0 Å². The number of hydrogen-bond donors (Lipinski definition) is 1. The molecule has 0 fully saturated rings. The fourth-order valence-electron chi connectivity index (χ4n) is 1.59. The van der Waals surface area contributed by atoms with E-state index in [-0.39, 0.29) is 10.8 Å². The summed E-state index contributed by atoms with van der Waals surface area (Å²) >= 11 is 0.454. The molecule has 1 rings (SSSR count). The maximum absolute atomic E-state index is 12.2. The molecule has 0 aromatic carbocycles. The van der Waals surface area contributed by atoms with Gasteiger partial charge in [-0.25, -0.2) is 0 Å². The summed E-state index contributed by atoms with van der Waals surface area (Å²) in [5, 5.41) is 10.8. The number of rotatable bonds is 5. The van der Waals surface area contributed by atoms with Crippen LogP contribution in [0.3, 0.4) is 0 Å². The topological polar surface area (TPSA) is 58.9 Å². The molecule has 0 amide bonds. The average Bonchev–Trinajstić information content (AvgIpc) is 2.74. The molecule has 1 aromatic rings. The molecule has 0 aliphatic rings. The molecule has 19 heavy (non-hydrogen) atoms. The third kappa shape index (κ3) is 5.15. The van der Waals surface area contributed by atoms with Gasteiger partial charge in [0.05, 0.1) is 11.6 Å². The second-order valence-electron chi connectivity index (χ2n) is 6.03. The lowest BCUT2D eigenvalue weighted by Crippen LogP contribution is -2.41. The molecule has 2 atom stereocenters. The van der Waals surface area contributed by atoms with Crippen LogP contribution < -0.4 is 4.72 Å². The van der Waals surface area contributed by atoms with Crippen LogP contribution in [0.5, 0.6) is 0 Å². The molecule has 1 aromatic heterocycles. The second-order valence-corrected chi connectivity index (χ2v) is 8.97. The molecule has 0 aliphatic heterocycles. The Morgan fingerprint density at radius 2 is 2.11 bits per heavy atom. The van der Waals surface area contributed by atoms with Crippen LogP contribution in [-0.4, -0.2) is 9.30 Å². The van der Waals surface area contributed by atoms with E-state index in [1.54, 1.807) is 11.3 Å². The summed E-state index contributed by atoms with van der Waals surface area (Å²) in [6.07, 6.45) is 0.910. The Morgan fingerprint density at radius 3 is 2.53 bits per heavy atom.